The van der Waals surface area contributed by atoms with Gasteiger partial charge < -0.3 is 15.7 Å². The Labute approximate surface area is 92.7 Å². The van der Waals surface area contributed by atoms with Crippen LogP contribution < -0.4 is 5.73 Å². The zero-order valence-corrected chi connectivity index (χ0v) is 8.67. The number of rotatable bonds is 5. The smallest absolute Gasteiger partial charge is 0.315 e. The molecule has 0 bridgehead atoms. The molecular formula is C10H13N3O3. The summed E-state index contributed by atoms with van der Waals surface area (Å²) in [7, 11) is 0. The molecule has 0 fully saturated rings. The number of pyridine rings is 1. The molecule has 2 amide bonds. The van der Waals surface area contributed by atoms with Crippen LogP contribution in [0.15, 0.2) is 24.5 Å². The van der Waals surface area contributed by atoms with Crippen molar-refractivity contribution < 1.29 is 14.7 Å². The van der Waals surface area contributed by atoms with Crippen LogP contribution in [-0.4, -0.2) is 33.5 Å². The average Bonchev–Trinajstić information content (AvgIpc) is 2.25. The van der Waals surface area contributed by atoms with Gasteiger partial charge in [0.15, 0.2) is 0 Å². The predicted molar refractivity (Wildman–Crippen MR) is 56.5 cm³/mol. The summed E-state index contributed by atoms with van der Waals surface area (Å²) in [5, 5.41) is 8.52. The van der Waals surface area contributed by atoms with Gasteiger partial charge in [0, 0.05) is 25.5 Å². The number of amides is 2. The first-order valence-electron chi connectivity index (χ1n) is 4.74. The molecule has 0 spiro atoms. The van der Waals surface area contributed by atoms with Gasteiger partial charge in [-0.3, -0.25) is 9.78 Å². The summed E-state index contributed by atoms with van der Waals surface area (Å²) in [6.45, 7) is 0.401. The molecule has 0 aliphatic carbocycles. The second kappa shape index (κ2) is 5.69. The monoisotopic (exact) mass is 223 g/mol. The second-order valence-electron chi connectivity index (χ2n) is 3.26. The number of nitrogens with zero attached hydrogens (tertiary/aromatic N) is 2. The molecule has 6 nitrogen and oxygen atoms in total. The maximum Gasteiger partial charge on any atom is 0.315 e. The van der Waals surface area contributed by atoms with Crippen LogP contribution in [-0.2, 0) is 11.3 Å². The molecule has 0 atom stereocenters. The number of carboxylic acids is 1. The van der Waals surface area contributed by atoms with Gasteiger partial charge in [-0.15, -0.1) is 0 Å². The van der Waals surface area contributed by atoms with E-state index in [0.29, 0.717) is 6.54 Å². The Kier molecular flexibility index (Phi) is 4.26. The van der Waals surface area contributed by atoms with E-state index in [1.807, 2.05) is 0 Å². The van der Waals surface area contributed by atoms with E-state index in [2.05, 4.69) is 4.98 Å². The molecule has 86 valence electrons. The van der Waals surface area contributed by atoms with Crippen molar-refractivity contribution in [3.8, 4) is 0 Å². The molecular weight excluding hydrogens is 210 g/mol. The van der Waals surface area contributed by atoms with Gasteiger partial charge in [0.1, 0.15) is 0 Å². The van der Waals surface area contributed by atoms with Crippen molar-refractivity contribution in [3.05, 3.63) is 30.1 Å². The Hall–Kier alpha value is -2.11. The van der Waals surface area contributed by atoms with Crippen molar-refractivity contribution in [1.82, 2.24) is 9.88 Å². The largest absolute Gasteiger partial charge is 0.481 e. The van der Waals surface area contributed by atoms with Crippen molar-refractivity contribution in [2.45, 2.75) is 13.0 Å². The van der Waals surface area contributed by atoms with E-state index >= 15 is 0 Å². The van der Waals surface area contributed by atoms with Gasteiger partial charge in [-0.2, -0.15) is 0 Å². The lowest BCUT2D eigenvalue weighted by Gasteiger charge is -2.19. The van der Waals surface area contributed by atoms with Crippen LogP contribution in [0.5, 0.6) is 0 Å². The standard InChI is InChI=1S/C10H13N3O3/c11-10(16)13(6-3-9(14)15)7-8-1-4-12-5-2-8/h1-2,4-5H,3,6-7H2,(H2,11,16)(H,14,15). The zero-order chi connectivity index (χ0) is 12.0. The first-order chi connectivity index (χ1) is 7.59. The van der Waals surface area contributed by atoms with E-state index in [9.17, 15) is 9.59 Å². The molecule has 0 saturated heterocycles. The van der Waals surface area contributed by atoms with E-state index in [4.69, 9.17) is 10.8 Å². The molecule has 0 saturated carbocycles. The van der Waals surface area contributed by atoms with Gasteiger partial charge in [-0.1, -0.05) is 0 Å². The zero-order valence-electron chi connectivity index (χ0n) is 8.67. The minimum Gasteiger partial charge on any atom is -0.481 e. The highest BCUT2D eigenvalue weighted by molar-refractivity contribution is 5.73. The Bertz CT molecular complexity index is 367. The van der Waals surface area contributed by atoms with Gasteiger partial charge in [0.25, 0.3) is 0 Å². The third kappa shape index (κ3) is 3.95. The lowest BCUT2D eigenvalue weighted by Crippen LogP contribution is -2.36. The molecule has 0 unspecified atom stereocenters. The van der Waals surface area contributed by atoms with Crippen molar-refractivity contribution >= 4 is 12.0 Å². The van der Waals surface area contributed by atoms with Crippen molar-refractivity contribution in [1.29, 1.82) is 0 Å². The third-order valence-corrected chi connectivity index (χ3v) is 2.03. The summed E-state index contributed by atoms with van der Waals surface area (Å²) < 4.78 is 0. The molecule has 16 heavy (non-hydrogen) atoms. The molecule has 6 heteroatoms. The van der Waals surface area contributed by atoms with E-state index in [1.165, 1.54) is 4.90 Å². The number of carboxylic acid groups (broad SMARTS) is 1. The van der Waals surface area contributed by atoms with Crippen molar-refractivity contribution in [3.63, 3.8) is 0 Å². The van der Waals surface area contributed by atoms with Crippen LogP contribution >= 0.6 is 0 Å². The van der Waals surface area contributed by atoms with Crippen LogP contribution in [0.3, 0.4) is 0 Å². The summed E-state index contributed by atoms with van der Waals surface area (Å²) >= 11 is 0. The summed E-state index contributed by atoms with van der Waals surface area (Å²) in [5.74, 6) is -0.957. The quantitative estimate of drug-likeness (QED) is 0.756. The summed E-state index contributed by atoms with van der Waals surface area (Å²) in [6.07, 6.45) is 3.09. The fourth-order valence-electron chi connectivity index (χ4n) is 1.21. The third-order valence-electron chi connectivity index (χ3n) is 2.03. The minimum absolute atomic E-state index is 0.104. The van der Waals surface area contributed by atoms with Gasteiger partial charge in [-0.25, -0.2) is 4.79 Å². The first kappa shape index (κ1) is 12.0. The number of hydrogen-bond acceptors (Lipinski definition) is 3. The summed E-state index contributed by atoms with van der Waals surface area (Å²) in [5.41, 5.74) is 6.01. The Morgan fingerprint density at radius 2 is 2.00 bits per heavy atom. The fraction of sp³-hybridized carbons (Fsp3) is 0.300. The molecule has 0 radical (unpaired) electrons. The summed E-state index contributed by atoms with van der Waals surface area (Å²) in [6, 6.07) is 2.87. The number of aromatic nitrogens is 1. The Balaban J connectivity index is 2.58. The van der Waals surface area contributed by atoms with Gasteiger partial charge >= 0.3 is 12.0 Å². The van der Waals surface area contributed by atoms with E-state index in [-0.39, 0.29) is 13.0 Å². The van der Waals surface area contributed by atoms with Crippen LogP contribution in [0.1, 0.15) is 12.0 Å². The maximum atomic E-state index is 11.1. The molecule has 1 heterocycles. The topological polar surface area (TPSA) is 96.5 Å². The lowest BCUT2D eigenvalue weighted by atomic mass is 10.2. The minimum atomic E-state index is -0.957. The number of hydrogen-bond donors (Lipinski definition) is 2. The van der Waals surface area contributed by atoms with E-state index < -0.39 is 12.0 Å². The SMILES string of the molecule is NC(=O)N(CCC(=O)O)Cc1ccncc1. The second-order valence-corrected chi connectivity index (χ2v) is 3.26. The molecule has 0 aromatic carbocycles. The average molecular weight is 223 g/mol. The number of aliphatic carboxylic acids is 1. The molecule has 1 rings (SSSR count). The van der Waals surface area contributed by atoms with Gasteiger partial charge in [0.2, 0.25) is 0 Å². The maximum absolute atomic E-state index is 11.1. The summed E-state index contributed by atoms with van der Waals surface area (Å²) in [4.78, 5) is 26.6. The van der Waals surface area contributed by atoms with Crippen molar-refractivity contribution in [2.24, 2.45) is 5.73 Å². The van der Waals surface area contributed by atoms with Gasteiger partial charge in [-0.05, 0) is 17.7 Å². The fourth-order valence-corrected chi connectivity index (χ4v) is 1.21. The molecule has 3 N–H and O–H groups in total. The molecule has 1 aromatic heterocycles. The number of nitrogens with two attached hydrogens (primary N) is 1. The highest BCUT2D eigenvalue weighted by Gasteiger charge is 2.11. The highest BCUT2D eigenvalue weighted by atomic mass is 16.4. The first-order valence-corrected chi connectivity index (χ1v) is 4.74. The predicted octanol–water partition coefficient (Wildman–Crippen LogP) is 0.437. The van der Waals surface area contributed by atoms with E-state index in [1.54, 1.807) is 24.5 Å². The number of carbonyl (C=O) groups is 2. The van der Waals surface area contributed by atoms with Crippen LogP contribution in [0.2, 0.25) is 0 Å². The molecule has 1 aromatic rings. The number of primary amides is 1. The highest BCUT2D eigenvalue weighted by Crippen LogP contribution is 2.03. The Morgan fingerprint density at radius 3 is 2.50 bits per heavy atom. The molecule has 0 aliphatic rings. The van der Waals surface area contributed by atoms with Crippen LogP contribution in [0.25, 0.3) is 0 Å². The van der Waals surface area contributed by atoms with E-state index in [0.717, 1.165) is 5.56 Å². The normalized spacial score (nSPS) is 9.75. The van der Waals surface area contributed by atoms with Crippen LogP contribution in [0, 0.1) is 0 Å². The van der Waals surface area contributed by atoms with Gasteiger partial charge in [0.05, 0.1) is 6.42 Å². The number of urea groups is 1. The lowest BCUT2D eigenvalue weighted by molar-refractivity contribution is -0.137. The Morgan fingerprint density at radius 1 is 1.38 bits per heavy atom. The van der Waals surface area contributed by atoms with Crippen LogP contribution in [0.4, 0.5) is 4.79 Å². The van der Waals surface area contributed by atoms with Crippen molar-refractivity contribution in [2.75, 3.05) is 6.54 Å². The molecule has 0 aliphatic heterocycles. The number of carbonyl (C=O) groups excluding carboxylic acids is 1.